The second-order valence-electron chi connectivity index (χ2n) is 1.29. The third-order valence-electron chi connectivity index (χ3n) is 0.553. The Morgan fingerprint density at radius 1 is 0.833 bits per heavy atom. The van der Waals surface area contributed by atoms with Gasteiger partial charge in [-0.3, -0.25) is 9.59 Å². The van der Waals surface area contributed by atoms with Crippen LogP contribution in [0, 0.1) is 0 Å². The van der Waals surface area contributed by atoms with Crippen LogP contribution in [0.1, 0.15) is 12.8 Å². The fourth-order valence-corrected chi connectivity index (χ4v) is 0.214. The van der Waals surface area contributed by atoms with Gasteiger partial charge in [-0.1, -0.05) is 0 Å². The van der Waals surface area contributed by atoms with Crippen LogP contribution in [0.15, 0.2) is 0 Å². The van der Waals surface area contributed by atoms with Gasteiger partial charge in [0.05, 0.1) is 12.8 Å². The van der Waals surface area contributed by atoms with E-state index in [-0.39, 0.29) is 46.3 Å². The topological polar surface area (TPSA) is 169 Å². The Morgan fingerprint density at radius 3 is 1.08 bits per heavy atom. The average Bonchev–Trinajstić information content (AvgIpc) is 1.61. The zero-order chi connectivity index (χ0) is 6.57. The van der Waals surface area contributed by atoms with Crippen LogP contribution in [0.3, 0.4) is 0 Å². The van der Waals surface area contributed by atoms with Gasteiger partial charge in [-0.15, -0.1) is 0 Å². The van der Waals surface area contributed by atoms with E-state index in [1.807, 2.05) is 0 Å². The molecule has 0 aliphatic carbocycles. The summed E-state index contributed by atoms with van der Waals surface area (Å²) >= 11 is 0. The second-order valence-corrected chi connectivity index (χ2v) is 1.29. The van der Waals surface area contributed by atoms with Gasteiger partial charge in [0.15, 0.2) is 0 Å². The molecule has 0 fully saturated rings. The molecule has 0 aromatic heterocycles. The maximum absolute atomic E-state index is 9.64. The normalized spacial score (nSPS) is 5.67. The monoisotopic (exact) mass is 228 g/mol. The minimum atomic E-state index is -1.08. The molecule has 0 atom stereocenters. The zero-order valence-corrected chi connectivity index (χ0v) is 7.08. The first kappa shape index (κ1) is 30.2. The molecule has 0 aromatic rings. The van der Waals surface area contributed by atoms with Crippen LogP contribution in [0.4, 0.5) is 0 Å². The van der Waals surface area contributed by atoms with Gasteiger partial charge >= 0.3 is 11.9 Å². The van der Waals surface area contributed by atoms with Crippen LogP contribution in [0.2, 0.25) is 0 Å². The number of aliphatic carboxylic acids is 2. The molecule has 0 aromatic carbocycles. The van der Waals surface area contributed by atoms with Crippen LogP contribution >= 0.6 is 0 Å². The van der Waals surface area contributed by atoms with Crippen LogP contribution in [0.5, 0.6) is 0 Å². The van der Waals surface area contributed by atoms with E-state index in [2.05, 4.69) is 0 Å². The van der Waals surface area contributed by atoms with Gasteiger partial charge in [0, 0.05) is 17.1 Å². The van der Waals surface area contributed by atoms with E-state index in [1.54, 1.807) is 0 Å². The fraction of sp³-hybridized carbons (Fsp3) is 0.500. The summed E-state index contributed by atoms with van der Waals surface area (Å²) in [5, 5.41) is 15.8. The van der Waals surface area contributed by atoms with E-state index in [1.165, 1.54) is 0 Å². The maximum atomic E-state index is 9.64. The van der Waals surface area contributed by atoms with E-state index in [9.17, 15) is 9.59 Å². The Balaban J connectivity index is -0.0000000408. The van der Waals surface area contributed by atoms with Crippen molar-refractivity contribution in [2.45, 2.75) is 12.8 Å². The third kappa shape index (κ3) is 34.5. The molecule has 78 valence electrons. The van der Waals surface area contributed by atoms with E-state index < -0.39 is 11.9 Å². The van der Waals surface area contributed by atoms with Crippen molar-refractivity contribution < 1.29 is 53.3 Å². The summed E-state index contributed by atoms with van der Waals surface area (Å²) in [4.78, 5) is 19.3. The number of carboxylic acids is 2. The molecule has 0 unspecified atom stereocenters. The Bertz CT molecular complexity index is 100.0. The summed E-state index contributed by atoms with van der Waals surface area (Å²) in [5.41, 5.74) is 0. The standard InChI is InChI=1S/C4H6O4.Fe.3H2O/c5-3(6)1-2-4(7)8;;;;/h1-2H2,(H,5,6)(H,7,8);;3*1H2. The average molecular weight is 228 g/mol. The zero-order valence-electron chi connectivity index (χ0n) is 5.98. The molecular formula is C4H12FeO7. The first-order valence-corrected chi connectivity index (χ1v) is 2.06. The predicted molar refractivity (Wildman–Crippen MR) is 35.3 cm³/mol. The van der Waals surface area contributed by atoms with Crippen molar-refractivity contribution >= 4 is 11.9 Å². The van der Waals surface area contributed by atoms with Gasteiger partial charge < -0.3 is 26.6 Å². The van der Waals surface area contributed by atoms with Crippen molar-refractivity contribution in [2.24, 2.45) is 0 Å². The Labute approximate surface area is 78.8 Å². The summed E-state index contributed by atoms with van der Waals surface area (Å²) in [7, 11) is 0. The molecule has 7 nitrogen and oxygen atoms in total. The molecule has 0 spiro atoms. The molecule has 0 radical (unpaired) electrons. The van der Waals surface area contributed by atoms with Gasteiger partial charge in [0.25, 0.3) is 0 Å². The summed E-state index contributed by atoms with van der Waals surface area (Å²) in [5.74, 6) is -2.15. The van der Waals surface area contributed by atoms with E-state index >= 15 is 0 Å². The van der Waals surface area contributed by atoms with E-state index in [4.69, 9.17) is 10.2 Å². The van der Waals surface area contributed by atoms with Crippen molar-refractivity contribution in [3.8, 4) is 0 Å². The summed E-state index contributed by atoms with van der Waals surface area (Å²) in [6.45, 7) is 0. The van der Waals surface area contributed by atoms with Crippen LogP contribution < -0.4 is 0 Å². The largest absolute Gasteiger partial charge is 0.481 e. The molecule has 8 heteroatoms. The fourth-order valence-electron chi connectivity index (χ4n) is 0.214. The van der Waals surface area contributed by atoms with Crippen molar-refractivity contribution in [1.29, 1.82) is 0 Å². The molecule has 0 aliphatic heterocycles. The van der Waals surface area contributed by atoms with E-state index in [0.717, 1.165) is 0 Å². The molecular weight excluding hydrogens is 216 g/mol. The Kier molecular flexibility index (Phi) is 42.1. The molecule has 0 amide bonds. The molecule has 0 heterocycles. The molecule has 0 bridgehead atoms. The van der Waals surface area contributed by atoms with Gasteiger partial charge in [0.2, 0.25) is 0 Å². The number of carboxylic acid groups (broad SMARTS) is 2. The van der Waals surface area contributed by atoms with Crippen molar-refractivity contribution in [2.75, 3.05) is 0 Å². The summed E-state index contributed by atoms with van der Waals surface area (Å²) < 4.78 is 0. The Morgan fingerprint density at radius 2 is 1.00 bits per heavy atom. The van der Waals surface area contributed by atoms with Gasteiger partial charge in [-0.2, -0.15) is 0 Å². The molecule has 0 rings (SSSR count). The summed E-state index contributed by atoms with van der Waals surface area (Å²) in [6.07, 6.45) is -0.593. The SMILES string of the molecule is O.O.O.O=C(O)CCC(=O)O.[Fe]. The van der Waals surface area contributed by atoms with Crippen molar-refractivity contribution in [3.05, 3.63) is 0 Å². The number of carbonyl (C=O) groups is 2. The Hall–Kier alpha value is -0.661. The first-order valence-electron chi connectivity index (χ1n) is 2.06. The van der Waals surface area contributed by atoms with Crippen molar-refractivity contribution in [3.63, 3.8) is 0 Å². The van der Waals surface area contributed by atoms with Crippen molar-refractivity contribution in [1.82, 2.24) is 0 Å². The molecule has 0 saturated carbocycles. The third-order valence-corrected chi connectivity index (χ3v) is 0.553. The van der Waals surface area contributed by atoms with Crippen LogP contribution in [-0.2, 0) is 26.7 Å². The number of hydrogen-bond donors (Lipinski definition) is 2. The minimum absolute atomic E-state index is 0. The maximum Gasteiger partial charge on any atom is 0.303 e. The molecule has 0 aliphatic rings. The van der Waals surface area contributed by atoms with Crippen LogP contribution in [-0.4, -0.2) is 38.6 Å². The van der Waals surface area contributed by atoms with Gasteiger partial charge in [-0.25, -0.2) is 0 Å². The predicted octanol–water partition coefficient (Wildman–Crippen LogP) is -2.54. The van der Waals surface area contributed by atoms with Gasteiger partial charge in [0.1, 0.15) is 0 Å². The minimum Gasteiger partial charge on any atom is -0.481 e. The number of rotatable bonds is 3. The quantitative estimate of drug-likeness (QED) is 0.507. The van der Waals surface area contributed by atoms with Gasteiger partial charge in [-0.05, 0) is 0 Å². The van der Waals surface area contributed by atoms with Crippen LogP contribution in [0.25, 0.3) is 0 Å². The smallest absolute Gasteiger partial charge is 0.303 e. The van der Waals surface area contributed by atoms with E-state index in [0.29, 0.717) is 0 Å². The number of hydrogen-bond acceptors (Lipinski definition) is 2. The first-order chi connectivity index (χ1) is 3.63. The molecule has 12 heavy (non-hydrogen) atoms. The second kappa shape index (κ2) is 16.7. The molecule has 8 N–H and O–H groups in total. The summed E-state index contributed by atoms with van der Waals surface area (Å²) in [6, 6.07) is 0. The molecule has 0 saturated heterocycles.